The van der Waals surface area contributed by atoms with E-state index in [0.717, 1.165) is 13.1 Å². The number of hydrogen-bond acceptors (Lipinski definition) is 4. The molecule has 2 aliphatic heterocycles. The maximum Gasteiger partial charge on any atom is 0.247 e. The number of likely N-dealkylation sites (tertiary alicyclic amines) is 1. The van der Waals surface area contributed by atoms with Crippen LogP contribution in [-0.4, -0.2) is 67.7 Å². The minimum Gasteiger partial charge on any atom is -0.367 e. The quantitative estimate of drug-likeness (QED) is 0.743. The Balaban J connectivity index is 0.00000144. The molecule has 0 aromatic rings. The number of amides is 1. The summed E-state index contributed by atoms with van der Waals surface area (Å²) in [6.07, 6.45) is 2.04. The molecule has 2 rings (SSSR count). The first-order chi connectivity index (χ1) is 7.66. The van der Waals surface area contributed by atoms with E-state index in [1.807, 2.05) is 0 Å². The van der Waals surface area contributed by atoms with Crippen LogP contribution in [0.5, 0.6) is 0 Å². The summed E-state index contributed by atoms with van der Waals surface area (Å²) in [6, 6.07) is 0.560. The van der Waals surface area contributed by atoms with Gasteiger partial charge < -0.3 is 15.4 Å². The van der Waals surface area contributed by atoms with E-state index in [0.29, 0.717) is 19.2 Å². The molecule has 0 radical (unpaired) electrons. The van der Waals surface area contributed by atoms with Gasteiger partial charge >= 0.3 is 0 Å². The van der Waals surface area contributed by atoms with Gasteiger partial charge in [-0.15, -0.1) is 12.4 Å². The van der Waals surface area contributed by atoms with E-state index in [2.05, 4.69) is 16.8 Å². The van der Waals surface area contributed by atoms with Crippen molar-refractivity contribution in [3.05, 3.63) is 0 Å². The van der Waals surface area contributed by atoms with Crippen LogP contribution < -0.4 is 5.73 Å². The lowest BCUT2D eigenvalue weighted by molar-refractivity contribution is -0.137. The summed E-state index contributed by atoms with van der Waals surface area (Å²) in [7, 11) is 2.15. The molecule has 1 unspecified atom stereocenters. The Labute approximate surface area is 109 Å². The lowest BCUT2D eigenvalue weighted by Gasteiger charge is -2.41. The summed E-state index contributed by atoms with van der Waals surface area (Å²) in [5.74, 6) is -0.339. The van der Waals surface area contributed by atoms with Gasteiger partial charge in [0.05, 0.1) is 6.61 Å². The molecule has 17 heavy (non-hydrogen) atoms. The van der Waals surface area contributed by atoms with E-state index in [-0.39, 0.29) is 18.3 Å². The van der Waals surface area contributed by atoms with Gasteiger partial charge in [-0.3, -0.25) is 9.69 Å². The number of nitrogens with two attached hydrogens (primary N) is 1. The van der Waals surface area contributed by atoms with Crippen molar-refractivity contribution in [2.24, 2.45) is 5.73 Å². The molecule has 2 fully saturated rings. The fourth-order valence-electron chi connectivity index (χ4n) is 2.61. The lowest BCUT2D eigenvalue weighted by atomic mass is 10.0. The first-order valence-corrected chi connectivity index (χ1v) is 6.00. The molecule has 0 aromatic heterocycles. The molecule has 2 atom stereocenters. The van der Waals surface area contributed by atoms with Crippen molar-refractivity contribution in [1.82, 2.24) is 9.80 Å². The summed E-state index contributed by atoms with van der Waals surface area (Å²) in [6.45, 7) is 4.47. The Morgan fingerprint density at radius 2 is 2.12 bits per heavy atom. The van der Waals surface area contributed by atoms with Crippen molar-refractivity contribution in [3.8, 4) is 0 Å². The van der Waals surface area contributed by atoms with Crippen molar-refractivity contribution in [2.45, 2.75) is 25.0 Å². The summed E-state index contributed by atoms with van der Waals surface area (Å²) < 4.78 is 5.36. The van der Waals surface area contributed by atoms with Crippen LogP contribution in [0.1, 0.15) is 12.8 Å². The summed E-state index contributed by atoms with van der Waals surface area (Å²) >= 11 is 0. The average molecular weight is 264 g/mol. The number of primary amides is 1. The minimum atomic E-state index is -0.416. The fourth-order valence-corrected chi connectivity index (χ4v) is 2.61. The minimum absolute atomic E-state index is 0. The zero-order chi connectivity index (χ0) is 11.5. The molecule has 5 nitrogen and oxygen atoms in total. The van der Waals surface area contributed by atoms with Crippen molar-refractivity contribution in [3.63, 3.8) is 0 Å². The highest BCUT2D eigenvalue weighted by Gasteiger charge is 2.30. The molecule has 0 aromatic carbocycles. The molecule has 2 aliphatic rings. The molecule has 2 saturated heterocycles. The normalized spacial score (nSPS) is 31.8. The highest BCUT2D eigenvalue weighted by molar-refractivity contribution is 5.85. The van der Waals surface area contributed by atoms with Gasteiger partial charge in [0.2, 0.25) is 5.91 Å². The molecule has 0 saturated carbocycles. The standard InChI is InChI=1S/C11H21N3O2.ClH/c1-13-4-2-3-9(7-13)14-5-6-16-10(8-14)11(12)15;/h9-10H,2-8H2,1H3,(H2,12,15);1H/t9-,10?;/m1./s1. The van der Waals surface area contributed by atoms with Crippen LogP contribution >= 0.6 is 12.4 Å². The highest BCUT2D eigenvalue weighted by atomic mass is 35.5. The smallest absolute Gasteiger partial charge is 0.247 e. The number of carbonyl (C=O) groups is 1. The van der Waals surface area contributed by atoms with Gasteiger partial charge in [-0.1, -0.05) is 0 Å². The van der Waals surface area contributed by atoms with Crippen LogP contribution in [0, 0.1) is 0 Å². The third-order valence-corrected chi connectivity index (χ3v) is 3.53. The largest absolute Gasteiger partial charge is 0.367 e. The second kappa shape index (κ2) is 6.54. The molecule has 0 spiro atoms. The molecule has 100 valence electrons. The Morgan fingerprint density at radius 1 is 1.35 bits per heavy atom. The van der Waals surface area contributed by atoms with Crippen LogP contribution in [0.25, 0.3) is 0 Å². The Kier molecular flexibility index (Phi) is 5.66. The number of carbonyl (C=O) groups excluding carboxylic acids is 1. The third-order valence-electron chi connectivity index (χ3n) is 3.53. The van der Waals surface area contributed by atoms with Crippen LogP contribution in [0.15, 0.2) is 0 Å². The third kappa shape index (κ3) is 3.81. The first kappa shape index (κ1) is 14.7. The van der Waals surface area contributed by atoms with Gasteiger partial charge in [-0.05, 0) is 26.4 Å². The van der Waals surface area contributed by atoms with Gasteiger partial charge in [-0.2, -0.15) is 0 Å². The second-order valence-electron chi connectivity index (χ2n) is 4.82. The van der Waals surface area contributed by atoms with E-state index in [1.54, 1.807) is 0 Å². The predicted molar refractivity (Wildman–Crippen MR) is 68.3 cm³/mol. The summed E-state index contributed by atoms with van der Waals surface area (Å²) in [5.41, 5.74) is 5.29. The van der Waals surface area contributed by atoms with E-state index in [4.69, 9.17) is 10.5 Å². The van der Waals surface area contributed by atoms with Gasteiger partial charge in [0.1, 0.15) is 6.10 Å². The van der Waals surface area contributed by atoms with E-state index < -0.39 is 6.10 Å². The zero-order valence-corrected chi connectivity index (χ0v) is 11.1. The second-order valence-corrected chi connectivity index (χ2v) is 4.82. The molecular weight excluding hydrogens is 242 g/mol. The number of rotatable bonds is 2. The van der Waals surface area contributed by atoms with Crippen molar-refractivity contribution in [2.75, 3.05) is 39.8 Å². The summed E-state index contributed by atoms with van der Waals surface area (Å²) in [5, 5.41) is 0. The fraction of sp³-hybridized carbons (Fsp3) is 0.909. The predicted octanol–water partition coefficient (Wildman–Crippen LogP) is -0.311. The molecular formula is C11H22ClN3O2. The topological polar surface area (TPSA) is 58.8 Å². The number of piperidine rings is 1. The molecule has 0 aliphatic carbocycles. The maximum absolute atomic E-state index is 11.1. The molecule has 0 bridgehead atoms. The SMILES string of the molecule is CN1CCC[C@@H](N2CCOC(C(N)=O)C2)C1.Cl. The van der Waals surface area contributed by atoms with Crippen LogP contribution in [-0.2, 0) is 9.53 Å². The average Bonchev–Trinajstić information content (AvgIpc) is 2.29. The van der Waals surface area contributed by atoms with Crippen LogP contribution in [0.3, 0.4) is 0 Å². The van der Waals surface area contributed by atoms with Gasteiger partial charge in [0.15, 0.2) is 0 Å². The molecule has 6 heteroatoms. The highest BCUT2D eigenvalue weighted by Crippen LogP contribution is 2.17. The monoisotopic (exact) mass is 263 g/mol. The van der Waals surface area contributed by atoms with E-state index in [9.17, 15) is 4.79 Å². The lowest BCUT2D eigenvalue weighted by Crippen LogP contribution is -2.55. The number of nitrogens with zero attached hydrogens (tertiary/aromatic N) is 2. The Bertz CT molecular complexity index is 265. The van der Waals surface area contributed by atoms with E-state index in [1.165, 1.54) is 19.4 Å². The van der Waals surface area contributed by atoms with Crippen molar-refractivity contribution in [1.29, 1.82) is 0 Å². The first-order valence-electron chi connectivity index (χ1n) is 6.00. The number of hydrogen-bond donors (Lipinski definition) is 1. The Hall–Kier alpha value is -0.360. The van der Waals surface area contributed by atoms with Crippen molar-refractivity contribution < 1.29 is 9.53 Å². The van der Waals surface area contributed by atoms with Gasteiger partial charge in [0.25, 0.3) is 0 Å². The number of likely N-dealkylation sites (N-methyl/N-ethyl adjacent to an activating group) is 1. The van der Waals surface area contributed by atoms with Crippen molar-refractivity contribution >= 4 is 18.3 Å². The molecule has 2 N–H and O–H groups in total. The van der Waals surface area contributed by atoms with Gasteiger partial charge in [0, 0.05) is 25.7 Å². The molecule has 2 heterocycles. The number of halogens is 1. The number of morpholine rings is 1. The maximum atomic E-state index is 11.1. The van der Waals surface area contributed by atoms with Crippen LogP contribution in [0.2, 0.25) is 0 Å². The van der Waals surface area contributed by atoms with Gasteiger partial charge in [-0.25, -0.2) is 0 Å². The molecule has 1 amide bonds. The van der Waals surface area contributed by atoms with Crippen LogP contribution in [0.4, 0.5) is 0 Å². The number of ether oxygens (including phenoxy) is 1. The Morgan fingerprint density at radius 3 is 2.76 bits per heavy atom. The summed E-state index contributed by atoms with van der Waals surface area (Å²) in [4.78, 5) is 15.8. The van der Waals surface area contributed by atoms with E-state index >= 15 is 0 Å². The zero-order valence-electron chi connectivity index (χ0n) is 10.3.